The first-order valence-corrected chi connectivity index (χ1v) is 9.69. The molecule has 0 fully saturated rings. The van der Waals surface area contributed by atoms with Crippen LogP contribution in [0.1, 0.15) is 22.3 Å². The first-order chi connectivity index (χ1) is 14.4. The molecule has 0 spiro atoms. The quantitative estimate of drug-likeness (QED) is 0.293. The summed E-state index contributed by atoms with van der Waals surface area (Å²) >= 11 is 0. The van der Waals surface area contributed by atoms with Gasteiger partial charge in [-0.25, -0.2) is 0 Å². The van der Waals surface area contributed by atoms with Crippen molar-refractivity contribution < 1.29 is 4.74 Å². The summed E-state index contributed by atoms with van der Waals surface area (Å²) in [5.74, 6) is 3.29. The molecular formula is C28H22O. The summed E-state index contributed by atoms with van der Waals surface area (Å²) in [5, 5.41) is 0. The lowest BCUT2D eigenvalue weighted by Crippen LogP contribution is -2.30. The molecule has 1 heteroatoms. The van der Waals surface area contributed by atoms with Crippen LogP contribution in [0.15, 0.2) is 115 Å². The molecule has 0 aliphatic carbocycles. The van der Waals surface area contributed by atoms with Gasteiger partial charge in [0.25, 0.3) is 0 Å². The lowest BCUT2D eigenvalue weighted by Gasteiger charge is -2.36. The van der Waals surface area contributed by atoms with Crippen molar-refractivity contribution in [3.05, 3.63) is 138 Å². The number of hydrogen-bond donors (Lipinski definition) is 0. The summed E-state index contributed by atoms with van der Waals surface area (Å²) in [6.45, 7) is 0.264. The van der Waals surface area contributed by atoms with E-state index in [0.29, 0.717) is 0 Å². The maximum atomic E-state index is 5.60. The number of benzene rings is 4. The average Bonchev–Trinajstić information content (AvgIpc) is 2.81. The van der Waals surface area contributed by atoms with E-state index in [-0.39, 0.29) is 6.61 Å². The first-order valence-electron chi connectivity index (χ1n) is 9.69. The van der Waals surface area contributed by atoms with Crippen molar-refractivity contribution in [1.82, 2.24) is 0 Å². The minimum Gasteiger partial charge on any atom is -0.481 e. The fourth-order valence-corrected chi connectivity index (χ4v) is 3.99. The van der Waals surface area contributed by atoms with Crippen LogP contribution in [0.3, 0.4) is 0 Å². The van der Waals surface area contributed by atoms with Crippen LogP contribution in [0.4, 0.5) is 0 Å². The zero-order valence-corrected chi connectivity index (χ0v) is 16.2. The van der Waals surface area contributed by atoms with Gasteiger partial charge >= 0.3 is 0 Å². The highest BCUT2D eigenvalue weighted by molar-refractivity contribution is 5.60. The molecule has 0 heterocycles. The van der Waals surface area contributed by atoms with Crippen LogP contribution in [-0.4, -0.2) is 6.61 Å². The van der Waals surface area contributed by atoms with Crippen molar-refractivity contribution >= 4 is 0 Å². The third kappa shape index (κ3) is 3.53. The highest BCUT2D eigenvalue weighted by Gasteiger charge is 2.38. The van der Waals surface area contributed by atoms with E-state index in [4.69, 9.17) is 11.2 Å². The second kappa shape index (κ2) is 8.50. The summed E-state index contributed by atoms with van der Waals surface area (Å²) in [7, 11) is 0. The minimum absolute atomic E-state index is 0.264. The summed E-state index contributed by atoms with van der Waals surface area (Å²) in [6, 6.07) is 40.2. The van der Waals surface area contributed by atoms with Crippen LogP contribution < -0.4 is 4.74 Å². The predicted molar refractivity (Wildman–Crippen MR) is 119 cm³/mol. The molecule has 4 aromatic rings. The number of terminal acetylenes is 1. The van der Waals surface area contributed by atoms with Crippen molar-refractivity contribution in [2.75, 3.05) is 6.61 Å². The van der Waals surface area contributed by atoms with Crippen LogP contribution in [0, 0.1) is 12.3 Å². The van der Waals surface area contributed by atoms with E-state index >= 15 is 0 Å². The standard InChI is InChI=1S/C28H22O/c1-2-22-29-27-20-18-26(19-21-27)28(23-12-6-3-7-13-23,24-14-8-4-9-15-24)25-16-10-5-11-17-25/h1,3-21H,22H2. The van der Waals surface area contributed by atoms with E-state index in [1.165, 1.54) is 22.3 Å². The number of hydrogen-bond acceptors (Lipinski definition) is 1. The summed E-state index contributed by atoms with van der Waals surface area (Å²) in [4.78, 5) is 0. The van der Waals surface area contributed by atoms with Gasteiger partial charge in [-0.15, -0.1) is 6.42 Å². The van der Waals surface area contributed by atoms with Crippen molar-refractivity contribution in [2.45, 2.75) is 5.41 Å². The topological polar surface area (TPSA) is 9.23 Å². The average molecular weight is 374 g/mol. The van der Waals surface area contributed by atoms with E-state index in [2.05, 4.69) is 109 Å². The van der Waals surface area contributed by atoms with Gasteiger partial charge in [0.2, 0.25) is 0 Å². The van der Waals surface area contributed by atoms with Gasteiger partial charge in [-0.3, -0.25) is 0 Å². The second-order valence-electron chi connectivity index (χ2n) is 6.87. The molecule has 4 aromatic carbocycles. The Hall–Kier alpha value is -3.76. The predicted octanol–water partition coefficient (Wildman–Crippen LogP) is 6.08. The smallest absolute Gasteiger partial charge is 0.148 e. The summed E-state index contributed by atoms with van der Waals surface area (Å²) in [6.07, 6.45) is 5.33. The summed E-state index contributed by atoms with van der Waals surface area (Å²) < 4.78 is 5.60. The van der Waals surface area contributed by atoms with Crippen molar-refractivity contribution in [1.29, 1.82) is 0 Å². The van der Waals surface area contributed by atoms with Gasteiger partial charge in [-0.1, -0.05) is 109 Å². The van der Waals surface area contributed by atoms with Crippen LogP contribution in [0.2, 0.25) is 0 Å². The maximum absolute atomic E-state index is 5.60. The zero-order chi connectivity index (χ0) is 19.9. The first kappa shape index (κ1) is 18.6. The van der Waals surface area contributed by atoms with Crippen molar-refractivity contribution in [3.63, 3.8) is 0 Å². The SMILES string of the molecule is C#CCOc1ccc(C(c2ccccc2)(c2ccccc2)c2ccccc2)cc1. The molecule has 0 atom stereocenters. The monoisotopic (exact) mass is 374 g/mol. The van der Waals surface area contributed by atoms with Gasteiger partial charge < -0.3 is 4.74 Å². The van der Waals surface area contributed by atoms with Gasteiger partial charge in [0.05, 0.1) is 5.41 Å². The lowest BCUT2D eigenvalue weighted by atomic mass is 9.65. The molecule has 0 saturated carbocycles. The Morgan fingerprint density at radius 2 is 0.931 bits per heavy atom. The second-order valence-corrected chi connectivity index (χ2v) is 6.87. The molecule has 0 N–H and O–H groups in total. The van der Waals surface area contributed by atoms with Gasteiger partial charge in [-0.2, -0.15) is 0 Å². The Labute approximate surface area is 172 Å². The Morgan fingerprint density at radius 3 is 1.31 bits per heavy atom. The molecular weight excluding hydrogens is 352 g/mol. The van der Waals surface area contributed by atoms with E-state index in [1.807, 2.05) is 12.1 Å². The highest BCUT2D eigenvalue weighted by atomic mass is 16.5. The molecule has 0 aromatic heterocycles. The van der Waals surface area contributed by atoms with Crippen LogP contribution in [0.5, 0.6) is 5.75 Å². The number of rotatable bonds is 6. The van der Waals surface area contributed by atoms with E-state index in [1.54, 1.807) is 0 Å². The number of ether oxygens (including phenoxy) is 1. The third-order valence-electron chi connectivity index (χ3n) is 5.23. The molecule has 0 aliphatic heterocycles. The molecule has 4 rings (SSSR count). The van der Waals surface area contributed by atoms with Gasteiger partial charge in [-0.05, 0) is 34.4 Å². The molecule has 140 valence electrons. The largest absolute Gasteiger partial charge is 0.481 e. The van der Waals surface area contributed by atoms with Crippen molar-refractivity contribution in [2.24, 2.45) is 0 Å². The Kier molecular flexibility index (Phi) is 5.45. The molecule has 29 heavy (non-hydrogen) atoms. The van der Waals surface area contributed by atoms with Crippen molar-refractivity contribution in [3.8, 4) is 18.1 Å². The third-order valence-corrected chi connectivity index (χ3v) is 5.23. The fraction of sp³-hybridized carbons (Fsp3) is 0.0714. The Morgan fingerprint density at radius 1 is 0.552 bits per heavy atom. The van der Waals surface area contributed by atoms with Gasteiger partial charge in [0.15, 0.2) is 0 Å². The lowest BCUT2D eigenvalue weighted by molar-refractivity contribution is 0.370. The van der Waals surface area contributed by atoms with Gasteiger partial charge in [0.1, 0.15) is 12.4 Å². The molecule has 0 saturated heterocycles. The fourth-order valence-electron chi connectivity index (χ4n) is 3.99. The molecule has 1 nitrogen and oxygen atoms in total. The molecule has 0 bridgehead atoms. The summed E-state index contributed by atoms with van der Waals surface area (Å²) in [5.41, 5.74) is 4.39. The van der Waals surface area contributed by atoms with Crippen LogP contribution >= 0.6 is 0 Å². The van der Waals surface area contributed by atoms with E-state index in [0.717, 1.165) is 5.75 Å². The molecule has 0 radical (unpaired) electrons. The Bertz CT molecular complexity index is 979. The maximum Gasteiger partial charge on any atom is 0.148 e. The molecule has 0 aliphatic rings. The minimum atomic E-state index is -0.436. The normalized spacial score (nSPS) is 10.9. The van der Waals surface area contributed by atoms with Crippen LogP contribution in [0.25, 0.3) is 0 Å². The highest BCUT2D eigenvalue weighted by Crippen LogP contribution is 2.45. The molecule has 0 unspecified atom stereocenters. The molecule has 0 amide bonds. The Balaban J connectivity index is 1.99. The van der Waals surface area contributed by atoms with Gasteiger partial charge in [0, 0.05) is 0 Å². The van der Waals surface area contributed by atoms with Crippen LogP contribution in [-0.2, 0) is 5.41 Å². The zero-order valence-electron chi connectivity index (χ0n) is 16.2. The van der Waals surface area contributed by atoms with E-state index < -0.39 is 5.41 Å². The van der Waals surface area contributed by atoms with E-state index in [9.17, 15) is 0 Å².